The highest BCUT2D eigenvalue weighted by molar-refractivity contribution is 7.89. The van der Waals surface area contributed by atoms with Gasteiger partial charge in [0.15, 0.2) is 0 Å². The number of hydrogen-bond acceptors (Lipinski definition) is 6. The van der Waals surface area contributed by atoms with Crippen LogP contribution in [0.15, 0.2) is 41.4 Å². The molecule has 0 spiro atoms. The van der Waals surface area contributed by atoms with Crippen LogP contribution < -0.4 is 9.88 Å². The Balaban J connectivity index is 1.66. The van der Waals surface area contributed by atoms with E-state index in [4.69, 9.17) is 37.8 Å². The van der Waals surface area contributed by atoms with Gasteiger partial charge in [-0.2, -0.15) is 0 Å². The van der Waals surface area contributed by atoms with E-state index in [2.05, 4.69) is 4.98 Å². The molecule has 2 heterocycles. The Hall–Kier alpha value is -1.91. The van der Waals surface area contributed by atoms with E-state index in [0.717, 1.165) is 0 Å². The number of carbonyl (C=O) groups is 1. The molecule has 2 N–H and O–H groups in total. The first-order valence-electron chi connectivity index (χ1n) is 8.21. The Labute approximate surface area is 172 Å². The molecule has 1 fully saturated rings. The van der Waals surface area contributed by atoms with Gasteiger partial charge in [-0.1, -0.05) is 23.2 Å². The van der Waals surface area contributed by atoms with Gasteiger partial charge < -0.3 is 14.4 Å². The lowest BCUT2D eigenvalue weighted by molar-refractivity contribution is -0.0407. The maximum atomic E-state index is 12.8. The molecule has 1 aromatic heterocycles. The van der Waals surface area contributed by atoms with Gasteiger partial charge in [0.25, 0.3) is 5.91 Å². The summed E-state index contributed by atoms with van der Waals surface area (Å²) in [4.78, 5) is 18.1. The number of pyridine rings is 1. The highest BCUT2D eigenvalue weighted by Crippen LogP contribution is 2.23. The van der Waals surface area contributed by atoms with E-state index < -0.39 is 10.0 Å². The number of hydrogen-bond donors (Lipinski definition) is 1. The van der Waals surface area contributed by atoms with Gasteiger partial charge in [-0.3, -0.25) is 4.79 Å². The van der Waals surface area contributed by atoms with E-state index in [1.165, 1.54) is 24.4 Å². The van der Waals surface area contributed by atoms with E-state index in [1.54, 1.807) is 17.0 Å². The van der Waals surface area contributed by atoms with Gasteiger partial charge in [0, 0.05) is 24.4 Å². The van der Waals surface area contributed by atoms with Crippen molar-refractivity contribution in [3.05, 3.63) is 52.1 Å². The number of benzene rings is 1. The molecule has 11 heteroatoms. The lowest BCUT2D eigenvalue weighted by Crippen LogP contribution is -2.47. The SMILES string of the molecule is NS(=O)(=O)c1cc(C(=O)N2CCOC(COc3ccc(Cl)cn3)C2)ccc1Cl. The van der Waals surface area contributed by atoms with E-state index >= 15 is 0 Å². The second-order valence-electron chi connectivity index (χ2n) is 6.06. The first kappa shape index (κ1) is 20.8. The van der Waals surface area contributed by atoms with Crippen molar-refractivity contribution in [1.29, 1.82) is 0 Å². The van der Waals surface area contributed by atoms with Crippen LogP contribution in [-0.2, 0) is 14.8 Å². The van der Waals surface area contributed by atoms with E-state index in [1.807, 2.05) is 0 Å². The Kier molecular flexibility index (Phi) is 6.41. The minimum absolute atomic E-state index is 0.0391. The standard InChI is InChI=1S/C17H17Cl2N3O5S/c18-12-2-4-16(21-8-12)27-10-13-9-22(5-6-26-13)17(23)11-1-3-14(19)15(7-11)28(20,24)25/h1-4,7-8,13H,5-6,9-10H2,(H2,20,24,25). The van der Waals surface area contributed by atoms with Crippen LogP contribution in [-0.4, -0.2) is 56.6 Å². The average Bonchev–Trinajstić information content (AvgIpc) is 2.67. The molecule has 150 valence electrons. The smallest absolute Gasteiger partial charge is 0.254 e. The average molecular weight is 446 g/mol. The first-order valence-corrected chi connectivity index (χ1v) is 10.5. The molecule has 1 saturated heterocycles. The molecule has 8 nitrogen and oxygen atoms in total. The zero-order valence-electron chi connectivity index (χ0n) is 14.5. The Morgan fingerprint density at radius 1 is 1.32 bits per heavy atom. The van der Waals surface area contributed by atoms with Gasteiger partial charge in [-0.25, -0.2) is 18.5 Å². The number of carbonyl (C=O) groups excluding carboxylic acids is 1. The number of ether oxygens (including phenoxy) is 2. The van der Waals surface area contributed by atoms with Gasteiger partial charge in [0.2, 0.25) is 15.9 Å². The van der Waals surface area contributed by atoms with Gasteiger partial charge in [0.1, 0.15) is 17.6 Å². The van der Waals surface area contributed by atoms with Crippen molar-refractivity contribution < 1.29 is 22.7 Å². The number of nitrogens with zero attached hydrogens (tertiary/aromatic N) is 2. The molecular weight excluding hydrogens is 429 g/mol. The van der Waals surface area contributed by atoms with E-state index in [-0.39, 0.29) is 40.6 Å². The normalized spacial score (nSPS) is 17.4. The second-order valence-corrected chi connectivity index (χ2v) is 8.43. The van der Waals surface area contributed by atoms with Crippen LogP contribution in [0.5, 0.6) is 5.88 Å². The Morgan fingerprint density at radius 3 is 2.79 bits per heavy atom. The third kappa shape index (κ3) is 5.12. The first-order chi connectivity index (χ1) is 13.2. The minimum Gasteiger partial charge on any atom is -0.475 e. The number of halogens is 2. The third-order valence-corrected chi connectivity index (χ3v) is 5.64. The van der Waals surface area contributed by atoms with Gasteiger partial charge in [-0.05, 0) is 24.3 Å². The summed E-state index contributed by atoms with van der Waals surface area (Å²) in [5.74, 6) is 0.0476. The lowest BCUT2D eigenvalue weighted by Gasteiger charge is -2.32. The summed E-state index contributed by atoms with van der Waals surface area (Å²) in [6, 6.07) is 7.26. The molecule has 3 rings (SSSR count). The van der Waals surface area contributed by atoms with Crippen molar-refractivity contribution in [2.75, 3.05) is 26.3 Å². The highest BCUT2D eigenvalue weighted by atomic mass is 35.5. The number of rotatable bonds is 5. The van der Waals surface area contributed by atoms with Gasteiger partial charge in [-0.15, -0.1) is 0 Å². The zero-order valence-corrected chi connectivity index (χ0v) is 16.9. The number of amides is 1. The molecule has 1 amide bonds. The molecule has 2 aromatic rings. The van der Waals surface area contributed by atoms with Crippen molar-refractivity contribution in [3.8, 4) is 5.88 Å². The summed E-state index contributed by atoms with van der Waals surface area (Å²) in [5.41, 5.74) is 0.175. The lowest BCUT2D eigenvalue weighted by atomic mass is 10.1. The van der Waals surface area contributed by atoms with Crippen molar-refractivity contribution in [3.63, 3.8) is 0 Å². The Morgan fingerprint density at radius 2 is 2.11 bits per heavy atom. The molecule has 1 aromatic carbocycles. The molecule has 1 aliphatic rings. The van der Waals surface area contributed by atoms with E-state index in [9.17, 15) is 13.2 Å². The fourth-order valence-corrected chi connectivity index (χ4v) is 3.85. The number of morpholine rings is 1. The van der Waals surface area contributed by atoms with Crippen molar-refractivity contribution in [2.24, 2.45) is 5.14 Å². The highest BCUT2D eigenvalue weighted by Gasteiger charge is 2.27. The molecule has 0 aliphatic carbocycles. The Bertz CT molecular complexity index is 969. The number of aromatic nitrogens is 1. The fourth-order valence-electron chi connectivity index (χ4n) is 2.67. The summed E-state index contributed by atoms with van der Waals surface area (Å²) in [6.07, 6.45) is 1.11. The van der Waals surface area contributed by atoms with E-state index in [0.29, 0.717) is 24.1 Å². The molecular formula is C17H17Cl2N3O5S. The number of primary sulfonamides is 1. The van der Waals surface area contributed by atoms with Gasteiger partial charge >= 0.3 is 0 Å². The summed E-state index contributed by atoms with van der Waals surface area (Å²) < 4.78 is 34.4. The van der Waals surface area contributed by atoms with Gasteiger partial charge in [0.05, 0.1) is 23.2 Å². The maximum Gasteiger partial charge on any atom is 0.254 e. The van der Waals surface area contributed by atoms with Crippen LogP contribution in [0.1, 0.15) is 10.4 Å². The molecule has 0 bridgehead atoms. The summed E-state index contributed by atoms with van der Waals surface area (Å²) >= 11 is 11.6. The molecule has 1 unspecified atom stereocenters. The zero-order chi connectivity index (χ0) is 20.3. The fraction of sp³-hybridized carbons (Fsp3) is 0.294. The molecule has 0 saturated carbocycles. The summed E-state index contributed by atoms with van der Waals surface area (Å²) in [5, 5.41) is 5.60. The summed E-state index contributed by atoms with van der Waals surface area (Å²) in [6.45, 7) is 1.16. The largest absolute Gasteiger partial charge is 0.475 e. The van der Waals surface area contributed by atoms with Crippen LogP contribution in [0.2, 0.25) is 10.0 Å². The molecule has 0 radical (unpaired) electrons. The van der Waals surface area contributed by atoms with Crippen molar-refractivity contribution in [2.45, 2.75) is 11.0 Å². The van der Waals surface area contributed by atoms with Crippen molar-refractivity contribution in [1.82, 2.24) is 9.88 Å². The molecule has 1 aliphatic heterocycles. The number of nitrogens with two attached hydrogens (primary N) is 1. The van der Waals surface area contributed by atoms with Crippen LogP contribution in [0.3, 0.4) is 0 Å². The topological polar surface area (TPSA) is 112 Å². The molecule has 1 atom stereocenters. The monoisotopic (exact) mass is 445 g/mol. The summed E-state index contributed by atoms with van der Waals surface area (Å²) in [7, 11) is -4.04. The quantitative estimate of drug-likeness (QED) is 0.752. The maximum absolute atomic E-state index is 12.8. The van der Waals surface area contributed by atoms with Crippen LogP contribution >= 0.6 is 23.2 Å². The second kappa shape index (κ2) is 8.62. The number of sulfonamides is 1. The predicted octanol–water partition coefficient (Wildman–Crippen LogP) is 1.96. The van der Waals surface area contributed by atoms with Crippen LogP contribution in [0, 0.1) is 0 Å². The van der Waals surface area contributed by atoms with Crippen LogP contribution in [0.4, 0.5) is 0 Å². The van der Waals surface area contributed by atoms with Crippen LogP contribution in [0.25, 0.3) is 0 Å². The van der Waals surface area contributed by atoms with Crippen molar-refractivity contribution >= 4 is 39.1 Å². The molecule has 28 heavy (non-hydrogen) atoms. The third-order valence-electron chi connectivity index (χ3n) is 4.03. The predicted molar refractivity (Wildman–Crippen MR) is 103 cm³/mol. The minimum atomic E-state index is -4.04.